The maximum atomic E-state index is 4.30. The van der Waals surface area contributed by atoms with Gasteiger partial charge < -0.3 is 10.6 Å². The van der Waals surface area contributed by atoms with Crippen LogP contribution in [-0.2, 0) is 0 Å². The van der Waals surface area contributed by atoms with Gasteiger partial charge >= 0.3 is 0 Å². The zero-order chi connectivity index (χ0) is 13.9. The van der Waals surface area contributed by atoms with Crippen LogP contribution in [-0.4, -0.2) is 35.1 Å². The van der Waals surface area contributed by atoms with Gasteiger partial charge in [-0.2, -0.15) is 11.8 Å². The number of aromatic nitrogens is 2. The first-order valence-corrected chi connectivity index (χ1v) is 8.47. The number of thioether (sulfide) groups is 1. The Morgan fingerprint density at radius 2 is 1.74 bits per heavy atom. The molecular formula is C14H26N4S. The van der Waals surface area contributed by atoms with Crippen LogP contribution >= 0.6 is 11.8 Å². The van der Waals surface area contributed by atoms with Crippen molar-refractivity contribution in [1.29, 1.82) is 0 Å². The summed E-state index contributed by atoms with van der Waals surface area (Å²) < 4.78 is 0. The van der Waals surface area contributed by atoms with E-state index in [2.05, 4.69) is 40.7 Å². The van der Waals surface area contributed by atoms with Crippen LogP contribution in [0.25, 0.3) is 0 Å². The predicted molar refractivity (Wildman–Crippen MR) is 86.3 cm³/mol. The molecule has 0 amide bonds. The van der Waals surface area contributed by atoms with E-state index in [4.69, 9.17) is 0 Å². The number of nitrogens with zero attached hydrogens (tertiary/aromatic N) is 2. The van der Waals surface area contributed by atoms with E-state index in [1.807, 2.05) is 11.8 Å². The monoisotopic (exact) mass is 282 g/mol. The van der Waals surface area contributed by atoms with Gasteiger partial charge in [0.15, 0.2) is 0 Å². The first-order chi connectivity index (χ1) is 9.29. The molecule has 1 aromatic heterocycles. The van der Waals surface area contributed by atoms with Crippen molar-refractivity contribution in [3.05, 3.63) is 11.9 Å². The van der Waals surface area contributed by atoms with Crippen molar-refractivity contribution >= 4 is 23.4 Å². The molecule has 0 saturated carbocycles. The molecule has 0 aliphatic carbocycles. The van der Waals surface area contributed by atoms with E-state index < -0.39 is 0 Å². The van der Waals surface area contributed by atoms with Crippen LogP contribution in [0.2, 0.25) is 0 Å². The summed E-state index contributed by atoms with van der Waals surface area (Å²) >= 11 is 1.93. The SMILES string of the molecule is CCNc1ncnc(NCCCCCCSC)c1C. The standard InChI is InChI=1S/C14H26N4S/c1-4-15-13-12(2)14(18-11-17-13)16-9-7-5-6-8-10-19-3/h11H,4-10H2,1-3H3,(H2,15,16,17,18). The highest BCUT2D eigenvalue weighted by Gasteiger charge is 2.04. The Balaban J connectivity index is 2.27. The topological polar surface area (TPSA) is 49.8 Å². The third-order valence-corrected chi connectivity index (χ3v) is 3.69. The van der Waals surface area contributed by atoms with E-state index in [0.29, 0.717) is 0 Å². The molecule has 0 aliphatic rings. The van der Waals surface area contributed by atoms with Gasteiger partial charge in [-0.25, -0.2) is 9.97 Å². The molecule has 0 bridgehead atoms. The molecule has 0 aromatic carbocycles. The molecule has 108 valence electrons. The Hall–Kier alpha value is -0.970. The second kappa shape index (κ2) is 9.89. The largest absolute Gasteiger partial charge is 0.370 e. The number of hydrogen-bond acceptors (Lipinski definition) is 5. The third-order valence-electron chi connectivity index (χ3n) is 3.00. The molecule has 0 saturated heterocycles. The van der Waals surface area contributed by atoms with Gasteiger partial charge in [0.1, 0.15) is 18.0 Å². The van der Waals surface area contributed by atoms with Crippen molar-refractivity contribution in [1.82, 2.24) is 9.97 Å². The summed E-state index contributed by atoms with van der Waals surface area (Å²) in [6.07, 6.45) is 8.94. The molecule has 1 heterocycles. The van der Waals surface area contributed by atoms with E-state index >= 15 is 0 Å². The Morgan fingerprint density at radius 3 is 2.42 bits per heavy atom. The lowest BCUT2D eigenvalue weighted by molar-refractivity contribution is 0.688. The average Bonchev–Trinajstić information content (AvgIpc) is 2.42. The quantitative estimate of drug-likeness (QED) is 0.643. The molecule has 19 heavy (non-hydrogen) atoms. The predicted octanol–water partition coefficient (Wildman–Crippen LogP) is 3.55. The summed E-state index contributed by atoms with van der Waals surface area (Å²) in [4.78, 5) is 8.55. The van der Waals surface area contributed by atoms with Crippen molar-refractivity contribution in [2.45, 2.75) is 39.5 Å². The average molecular weight is 282 g/mol. The van der Waals surface area contributed by atoms with Crippen molar-refractivity contribution in [3.63, 3.8) is 0 Å². The Morgan fingerprint density at radius 1 is 1.05 bits per heavy atom. The van der Waals surface area contributed by atoms with Gasteiger partial charge in [0, 0.05) is 18.7 Å². The lowest BCUT2D eigenvalue weighted by Gasteiger charge is -2.11. The third kappa shape index (κ3) is 6.14. The molecule has 0 fully saturated rings. The van der Waals surface area contributed by atoms with E-state index in [1.165, 1.54) is 31.4 Å². The minimum absolute atomic E-state index is 0.882. The van der Waals surface area contributed by atoms with Gasteiger partial charge in [-0.3, -0.25) is 0 Å². The van der Waals surface area contributed by atoms with Crippen LogP contribution in [0.1, 0.15) is 38.2 Å². The van der Waals surface area contributed by atoms with Gasteiger partial charge in [-0.1, -0.05) is 12.8 Å². The van der Waals surface area contributed by atoms with Crippen molar-refractivity contribution < 1.29 is 0 Å². The highest BCUT2D eigenvalue weighted by atomic mass is 32.2. The van der Waals surface area contributed by atoms with Gasteiger partial charge in [0.25, 0.3) is 0 Å². The van der Waals surface area contributed by atoms with Crippen LogP contribution in [0.4, 0.5) is 11.6 Å². The van der Waals surface area contributed by atoms with Gasteiger partial charge in [0.2, 0.25) is 0 Å². The Labute approximate surface area is 121 Å². The van der Waals surface area contributed by atoms with E-state index in [-0.39, 0.29) is 0 Å². The second-order valence-corrected chi connectivity index (χ2v) is 5.55. The van der Waals surface area contributed by atoms with Gasteiger partial charge in [-0.05, 0) is 38.7 Å². The first kappa shape index (κ1) is 16.1. The molecular weight excluding hydrogens is 256 g/mol. The molecule has 0 unspecified atom stereocenters. The van der Waals surface area contributed by atoms with Crippen LogP contribution in [0.5, 0.6) is 0 Å². The van der Waals surface area contributed by atoms with E-state index in [0.717, 1.165) is 30.3 Å². The number of unbranched alkanes of at least 4 members (excludes halogenated alkanes) is 3. The fourth-order valence-electron chi connectivity index (χ4n) is 1.91. The lowest BCUT2D eigenvalue weighted by atomic mass is 10.2. The van der Waals surface area contributed by atoms with E-state index in [9.17, 15) is 0 Å². The highest BCUT2D eigenvalue weighted by molar-refractivity contribution is 7.98. The fraction of sp³-hybridized carbons (Fsp3) is 0.714. The minimum Gasteiger partial charge on any atom is -0.370 e. The summed E-state index contributed by atoms with van der Waals surface area (Å²) in [5.41, 5.74) is 1.10. The maximum Gasteiger partial charge on any atom is 0.134 e. The van der Waals surface area contributed by atoms with Crippen LogP contribution in [0, 0.1) is 6.92 Å². The molecule has 4 nitrogen and oxygen atoms in total. The van der Waals surface area contributed by atoms with Gasteiger partial charge in [0.05, 0.1) is 0 Å². The van der Waals surface area contributed by atoms with Crippen LogP contribution in [0.15, 0.2) is 6.33 Å². The van der Waals surface area contributed by atoms with Crippen LogP contribution in [0.3, 0.4) is 0 Å². The zero-order valence-corrected chi connectivity index (χ0v) is 13.1. The Bertz CT molecular complexity index is 357. The first-order valence-electron chi connectivity index (χ1n) is 7.07. The minimum atomic E-state index is 0.882. The van der Waals surface area contributed by atoms with Crippen LogP contribution < -0.4 is 10.6 Å². The molecule has 5 heteroatoms. The molecule has 0 radical (unpaired) electrons. The van der Waals surface area contributed by atoms with Crippen molar-refractivity contribution in [3.8, 4) is 0 Å². The number of anilines is 2. The summed E-state index contributed by atoms with van der Waals surface area (Å²) in [6.45, 7) is 6.00. The highest BCUT2D eigenvalue weighted by Crippen LogP contribution is 2.17. The molecule has 1 rings (SSSR count). The summed E-state index contributed by atoms with van der Waals surface area (Å²) in [5.74, 6) is 3.17. The summed E-state index contributed by atoms with van der Waals surface area (Å²) in [6, 6.07) is 0. The van der Waals surface area contributed by atoms with Crippen molar-refractivity contribution in [2.75, 3.05) is 35.7 Å². The maximum absolute atomic E-state index is 4.30. The smallest absolute Gasteiger partial charge is 0.134 e. The second-order valence-electron chi connectivity index (χ2n) is 4.56. The number of nitrogens with one attached hydrogen (secondary N) is 2. The Kier molecular flexibility index (Phi) is 8.38. The molecule has 0 spiro atoms. The van der Waals surface area contributed by atoms with E-state index in [1.54, 1.807) is 6.33 Å². The number of hydrogen-bond donors (Lipinski definition) is 2. The van der Waals surface area contributed by atoms with Gasteiger partial charge in [-0.15, -0.1) is 0 Å². The van der Waals surface area contributed by atoms with Crippen molar-refractivity contribution in [2.24, 2.45) is 0 Å². The normalized spacial score (nSPS) is 10.5. The molecule has 2 N–H and O–H groups in total. The number of rotatable bonds is 10. The summed E-state index contributed by atoms with van der Waals surface area (Å²) in [5, 5.41) is 6.65. The molecule has 1 aromatic rings. The lowest BCUT2D eigenvalue weighted by Crippen LogP contribution is -2.09. The fourth-order valence-corrected chi connectivity index (χ4v) is 2.40. The molecule has 0 aliphatic heterocycles. The molecule has 0 atom stereocenters. The zero-order valence-electron chi connectivity index (χ0n) is 12.3. The summed E-state index contributed by atoms with van der Waals surface area (Å²) in [7, 11) is 0.